The van der Waals surface area contributed by atoms with E-state index in [9.17, 15) is 0 Å². The normalized spacial score (nSPS) is 14.2. The van der Waals surface area contributed by atoms with Gasteiger partial charge in [0.1, 0.15) is 5.84 Å². The topological polar surface area (TPSA) is 37.3 Å². The number of nitrogens with zero attached hydrogens (tertiary/aromatic N) is 3. The van der Waals surface area contributed by atoms with Gasteiger partial charge in [-0.1, -0.05) is 42.5 Å². The van der Waals surface area contributed by atoms with E-state index in [0.717, 1.165) is 42.5 Å². The molecule has 5 heteroatoms. The van der Waals surface area contributed by atoms with E-state index in [-0.39, 0.29) is 0 Å². The lowest BCUT2D eigenvalue weighted by Gasteiger charge is -2.36. The van der Waals surface area contributed by atoms with E-state index in [2.05, 4.69) is 78.2 Å². The van der Waals surface area contributed by atoms with Crippen LogP contribution in [0.25, 0.3) is 0 Å². The summed E-state index contributed by atoms with van der Waals surface area (Å²) in [4.78, 5) is 9.70. The minimum absolute atomic E-state index is 0.679. The highest BCUT2D eigenvalue weighted by molar-refractivity contribution is 6.10. The zero-order valence-electron chi connectivity index (χ0n) is 19.3. The van der Waals surface area contributed by atoms with Crippen molar-refractivity contribution in [3.8, 4) is 11.5 Å². The molecule has 0 saturated carbocycles. The van der Waals surface area contributed by atoms with Crippen LogP contribution in [0.2, 0.25) is 0 Å². The maximum absolute atomic E-state index is 5.46. The van der Waals surface area contributed by atoms with Crippen LogP contribution in [-0.4, -0.2) is 44.8 Å². The Balaban J connectivity index is 1.56. The third-order valence-corrected chi connectivity index (χ3v) is 5.73. The number of benzene rings is 3. The van der Waals surface area contributed by atoms with Crippen molar-refractivity contribution < 1.29 is 9.47 Å². The first-order chi connectivity index (χ1) is 15.6. The van der Waals surface area contributed by atoms with Gasteiger partial charge in [-0.25, -0.2) is 0 Å². The van der Waals surface area contributed by atoms with Crippen molar-refractivity contribution in [2.45, 2.75) is 20.3 Å². The molecule has 0 aromatic heterocycles. The smallest absolute Gasteiger partial charge is 0.160 e. The molecule has 0 aliphatic carbocycles. The van der Waals surface area contributed by atoms with E-state index in [1.807, 2.05) is 12.1 Å². The van der Waals surface area contributed by atoms with Gasteiger partial charge in [-0.2, -0.15) is 0 Å². The van der Waals surface area contributed by atoms with Crippen LogP contribution in [0, 0.1) is 13.8 Å². The third kappa shape index (κ3) is 4.94. The first-order valence-electron chi connectivity index (χ1n) is 11.0. The lowest BCUT2D eigenvalue weighted by atomic mass is 10.1. The first kappa shape index (κ1) is 21.9. The Morgan fingerprint density at radius 3 is 2.25 bits per heavy atom. The van der Waals surface area contributed by atoms with E-state index >= 15 is 0 Å². The second kappa shape index (κ2) is 9.88. The molecule has 4 rings (SSSR count). The van der Waals surface area contributed by atoms with Crippen molar-refractivity contribution in [2.24, 2.45) is 4.99 Å². The van der Waals surface area contributed by atoms with Crippen LogP contribution in [0.15, 0.2) is 71.7 Å². The second-order valence-corrected chi connectivity index (χ2v) is 8.24. The largest absolute Gasteiger partial charge is 0.493 e. The SMILES string of the molecule is COc1ccc(CCN2CN=C(c3ccccc3)N(c3cc(C)cc(C)c3)C2)cc1OC. The fourth-order valence-corrected chi connectivity index (χ4v) is 4.17. The van der Waals surface area contributed by atoms with Gasteiger partial charge in [0.05, 0.1) is 27.6 Å². The summed E-state index contributed by atoms with van der Waals surface area (Å²) in [5.41, 5.74) is 6.07. The summed E-state index contributed by atoms with van der Waals surface area (Å²) in [6, 6.07) is 23.3. The Hall–Kier alpha value is -3.31. The molecule has 0 fully saturated rings. The highest BCUT2D eigenvalue weighted by Crippen LogP contribution is 2.28. The minimum atomic E-state index is 0.679. The third-order valence-electron chi connectivity index (χ3n) is 5.73. The molecule has 32 heavy (non-hydrogen) atoms. The average Bonchev–Trinajstić information content (AvgIpc) is 2.82. The lowest BCUT2D eigenvalue weighted by molar-refractivity contribution is 0.284. The van der Waals surface area contributed by atoms with Gasteiger partial charge >= 0.3 is 0 Å². The lowest BCUT2D eigenvalue weighted by Crippen LogP contribution is -2.47. The summed E-state index contributed by atoms with van der Waals surface area (Å²) in [7, 11) is 3.34. The molecule has 1 aliphatic heterocycles. The van der Waals surface area contributed by atoms with Gasteiger partial charge in [0.15, 0.2) is 11.5 Å². The molecule has 0 spiro atoms. The number of hydrogen-bond acceptors (Lipinski definition) is 5. The van der Waals surface area contributed by atoms with Crippen molar-refractivity contribution in [1.82, 2.24) is 4.90 Å². The van der Waals surface area contributed by atoms with E-state index in [1.54, 1.807) is 14.2 Å². The van der Waals surface area contributed by atoms with Gasteiger partial charge in [0.2, 0.25) is 0 Å². The Bertz CT molecular complexity index is 1080. The van der Waals surface area contributed by atoms with Crippen LogP contribution < -0.4 is 14.4 Å². The summed E-state index contributed by atoms with van der Waals surface area (Å²) < 4.78 is 10.8. The zero-order valence-corrected chi connectivity index (χ0v) is 19.3. The number of aryl methyl sites for hydroxylation is 2. The van der Waals surface area contributed by atoms with Gasteiger partial charge in [-0.3, -0.25) is 9.89 Å². The molecule has 5 nitrogen and oxygen atoms in total. The van der Waals surface area contributed by atoms with E-state index in [1.165, 1.54) is 22.4 Å². The highest BCUT2D eigenvalue weighted by Gasteiger charge is 2.23. The molecule has 3 aromatic rings. The molecule has 0 atom stereocenters. The standard InChI is InChI=1S/C27H31N3O2/c1-20-14-21(2)16-24(15-20)30-19-29(18-28-27(30)23-8-6-5-7-9-23)13-12-22-10-11-25(31-3)26(17-22)32-4/h5-11,14-17H,12-13,18-19H2,1-4H3. The van der Waals surface area contributed by atoms with E-state index in [4.69, 9.17) is 14.5 Å². The molecular formula is C27H31N3O2. The molecule has 0 amide bonds. The number of aliphatic imine (C=N–C) groups is 1. The van der Waals surface area contributed by atoms with Crippen LogP contribution in [-0.2, 0) is 6.42 Å². The molecule has 0 saturated heterocycles. The number of ether oxygens (including phenoxy) is 2. The van der Waals surface area contributed by atoms with Crippen molar-refractivity contribution in [3.63, 3.8) is 0 Å². The van der Waals surface area contributed by atoms with Gasteiger partial charge in [-0.05, 0) is 61.2 Å². The maximum Gasteiger partial charge on any atom is 0.160 e. The molecule has 0 unspecified atom stereocenters. The quantitative estimate of drug-likeness (QED) is 0.527. The minimum Gasteiger partial charge on any atom is -0.493 e. The van der Waals surface area contributed by atoms with Crippen LogP contribution in [0.5, 0.6) is 11.5 Å². The molecular weight excluding hydrogens is 398 g/mol. The molecule has 0 bridgehead atoms. The first-order valence-corrected chi connectivity index (χ1v) is 11.0. The average molecular weight is 430 g/mol. The highest BCUT2D eigenvalue weighted by atomic mass is 16.5. The van der Waals surface area contributed by atoms with Crippen molar-refractivity contribution in [2.75, 3.05) is 39.0 Å². The van der Waals surface area contributed by atoms with E-state index in [0.29, 0.717) is 6.67 Å². The van der Waals surface area contributed by atoms with Crippen LogP contribution in [0.3, 0.4) is 0 Å². The molecule has 0 radical (unpaired) electrons. The number of methoxy groups -OCH3 is 2. The second-order valence-electron chi connectivity index (χ2n) is 8.24. The molecule has 0 N–H and O–H groups in total. The monoisotopic (exact) mass is 429 g/mol. The summed E-state index contributed by atoms with van der Waals surface area (Å²) in [6.07, 6.45) is 0.914. The summed E-state index contributed by atoms with van der Waals surface area (Å²) in [6.45, 7) is 6.67. The fourth-order valence-electron chi connectivity index (χ4n) is 4.17. The summed E-state index contributed by atoms with van der Waals surface area (Å²) >= 11 is 0. The molecule has 1 heterocycles. The van der Waals surface area contributed by atoms with Crippen LogP contribution in [0.4, 0.5) is 5.69 Å². The number of amidine groups is 1. The van der Waals surface area contributed by atoms with Crippen molar-refractivity contribution in [1.29, 1.82) is 0 Å². The number of anilines is 1. The Morgan fingerprint density at radius 1 is 0.844 bits per heavy atom. The summed E-state index contributed by atoms with van der Waals surface area (Å²) in [5, 5.41) is 0. The molecule has 1 aliphatic rings. The van der Waals surface area contributed by atoms with Gasteiger partial charge < -0.3 is 14.4 Å². The van der Waals surface area contributed by atoms with Crippen LogP contribution >= 0.6 is 0 Å². The van der Waals surface area contributed by atoms with Crippen molar-refractivity contribution >= 4 is 11.5 Å². The van der Waals surface area contributed by atoms with Crippen molar-refractivity contribution in [3.05, 3.63) is 89.0 Å². The number of hydrogen-bond donors (Lipinski definition) is 0. The van der Waals surface area contributed by atoms with E-state index < -0.39 is 0 Å². The number of rotatable bonds is 7. The molecule has 3 aromatic carbocycles. The Labute approximate surface area is 190 Å². The van der Waals surface area contributed by atoms with Crippen LogP contribution in [0.1, 0.15) is 22.3 Å². The fraction of sp³-hybridized carbons (Fsp3) is 0.296. The zero-order chi connectivity index (χ0) is 22.5. The van der Waals surface area contributed by atoms with Gasteiger partial charge in [0.25, 0.3) is 0 Å². The molecule has 166 valence electrons. The Morgan fingerprint density at radius 2 is 1.56 bits per heavy atom. The van der Waals surface area contributed by atoms with Gasteiger partial charge in [0, 0.05) is 17.8 Å². The Kier molecular flexibility index (Phi) is 6.76. The predicted octanol–water partition coefficient (Wildman–Crippen LogP) is 5.05. The van der Waals surface area contributed by atoms with Gasteiger partial charge in [-0.15, -0.1) is 0 Å². The predicted molar refractivity (Wildman–Crippen MR) is 131 cm³/mol. The maximum atomic E-state index is 5.46. The summed E-state index contributed by atoms with van der Waals surface area (Å²) in [5.74, 6) is 2.55.